The van der Waals surface area contributed by atoms with Crippen LogP contribution in [0.2, 0.25) is 5.02 Å². The number of methoxy groups -OCH3 is 1. The summed E-state index contributed by atoms with van der Waals surface area (Å²) in [5.41, 5.74) is 2.23. The van der Waals surface area contributed by atoms with Gasteiger partial charge in [-0.25, -0.2) is 0 Å². The lowest BCUT2D eigenvalue weighted by atomic mass is 9.99. The predicted octanol–water partition coefficient (Wildman–Crippen LogP) is 4.71. The second-order valence-electron chi connectivity index (χ2n) is 6.98. The molecule has 0 aromatic heterocycles. The molecule has 0 atom stereocenters. The van der Waals surface area contributed by atoms with Crippen molar-refractivity contribution in [2.24, 2.45) is 5.92 Å². The third-order valence-electron chi connectivity index (χ3n) is 4.89. The quantitative estimate of drug-likeness (QED) is 0.705. The number of piperidine rings is 1. The van der Waals surface area contributed by atoms with Crippen molar-refractivity contribution in [3.8, 4) is 5.75 Å². The molecule has 2 aromatic rings. The molecule has 3 rings (SSSR count). The van der Waals surface area contributed by atoms with Crippen LogP contribution in [0.5, 0.6) is 5.75 Å². The molecule has 28 heavy (non-hydrogen) atoms. The topological polar surface area (TPSA) is 53.6 Å². The number of amides is 1. The number of nitrogens with zero attached hydrogens (tertiary/aromatic N) is 1. The Morgan fingerprint density at radius 2 is 1.96 bits per heavy atom. The van der Waals surface area contributed by atoms with Gasteiger partial charge >= 0.3 is 0 Å². The van der Waals surface area contributed by atoms with E-state index < -0.39 is 0 Å². The fourth-order valence-corrected chi connectivity index (χ4v) is 3.70. The van der Waals surface area contributed by atoms with Crippen molar-refractivity contribution in [1.29, 1.82) is 0 Å². The smallest absolute Gasteiger partial charge is 0.257 e. The standard InChI is InChI=1S/C21H24ClN3O2S/c1-14-8-10-25(11-9-14)19-7-6-16(13-18(19)22)23-21(28)24-20(26)15-4-3-5-17(12-15)27-2/h3-7,12-14H,8-11H2,1-2H3,(H2,23,24,26,28). The minimum absolute atomic E-state index is 0.212. The number of nitrogens with one attached hydrogen (secondary N) is 2. The normalized spacial score (nSPS) is 14.5. The van der Waals surface area contributed by atoms with Crippen molar-refractivity contribution < 1.29 is 9.53 Å². The second-order valence-corrected chi connectivity index (χ2v) is 7.79. The molecular formula is C21H24ClN3O2S. The number of hydrogen-bond acceptors (Lipinski definition) is 4. The van der Waals surface area contributed by atoms with E-state index in [1.165, 1.54) is 12.8 Å². The first-order chi connectivity index (χ1) is 13.5. The van der Waals surface area contributed by atoms with Gasteiger partial charge in [0.05, 0.1) is 17.8 Å². The van der Waals surface area contributed by atoms with Crippen molar-refractivity contribution in [3.63, 3.8) is 0 Å². The molecule has 1 saturated heterocycles. The van der Waals surface area contributed by atoms with Gasteiger partial charge in [0.15, 0.2) is 5.11 Å². The predicted molar refractivity (Wildman–Crippen MR) is 119 cm³/mol. The average Bonchev–Trinajstić information content (AvgIpc) is 2.69. The molecule has 2 aromatic carbocycles. The molecule has 1 fully saturated rings. The Balaban J connectivity index is 1.61. The summed E-state index contributed by atoms with van der Waals surface area (Å²) in [6, 6.07) is 12.6. The van der Waals surface area contributed by atoms with E-state index in [4.69, 9.17) is 28.6 Å². The summed E-state index contributed by atoms with van der Waals surface area (Å²) in [6.07, 6.45) is 2.35. The number of halogens is 1. The van der Waals surface area contributed by atoms with Gasteiger partial charge < -0.3 is 15.0 Å². The van der Waals surface area contributed by atoms with E-state index in [9.17, 15) is 4.79 Å². The molecule has 1 aliphatic heterocycles. The maximum atomic E-state index is 12.3. The highest BCUT2D eigenvalue weighted by Gasteiger charge is 2.18. The van der Waals surface area contributed by atoms with Gasteiger partial charge in [-0.15, -0.1) is 0 Å². The lowest BCUT2D eigenvalue weighted by molar-refractivity contribution is 0.0977. The zero-order valence-corrected chi connectivity index (χ0v) is 17.6. The number of rotatable bonds is 4. The summed E-state index contributed by atoms with van der Waals surface area (Å²) in [5, 5.41) is 6.56. The highest BCUT2D eigenvalue weighted by molar-refractivity contribution is 7.80. The Labute approximate surface area is 176 Å². The molecule has 5 nitrogen and oxygen atoms in total. The van der Waals surface area contributed by atoms with Crippen LogP contribution in [0.4, 0.5) is 11.4 Å². The van der Waals surface area contributed by atoms with Gasteiger partial charge in [0.25, 0.3) is 5.91 Å². The lowest BCUT2D eigenvalue weighted by Gasteiger charge is -2.32. The van der Waals surface area contributed by atoms with Crippen LogP contribution in [0.1, 0.15) is 30.1 Å². The first-order valence-corrected chi connectivity index (χ1v) is 10.1. The van der Waals surface area contributed by atoms with Gasteiger partial charge in [-0.3, -0.25) is 10.1 Å². The van der Waals surface area contributed by atoms with E-state index in [1.807, 2.05) is 18.2 Å². The Morgan fingerprint density at radius 3 is 2.64 bits per heavy atom. The van der Waals surface area contributed by atoms with Crippen molar-refractivity contribution in [1.82, 2.24) is 5.32 Å². The van der Waals surface area contributed by atoms with Gasteiger partial charge in [-0.1, -0.05) is 24.6 Å². The lowest BCUT2D eigenvalue weighted by Crippen LogP contribution is -2.34. The zero-order valence-electron chi connectivity index (χ0n) is 16.0. The molecule has 0 radical (unpaired) electrons. The summed E-state index contributed by atoms with van der Waals surface area (Å²) in [7, 11) is 1.56. The highest BCUT2D eigenvalue weighted by atomic mass is 35.5. The molecule has 0 spiro atoms. The molecule has 0 saturated carbocycles. The fraction of sp³-hybridized carbons (Fsp3) is 0.333. The van der Waals surface area contributed by atoms with Gasteiger partial charge in [-0.2, -0.15) is 0 Å². The van der Waals surface area contributed by atoms with E-state index in [-0.39, 0.29) is 11.0 Å². The molecule has 1 heterocycles. The van der Waals surface area contributed by atoms with Crippen molar-refractivity contribution in [2.45, 2.75) is 19.8 Å². The minimum Gasteiger partial charge on any atom is -0.497 e. The van der Waals surface area contributed by atoms with Crippen LogP contribution < -0.4 is 20.3 Å². The molecule has 0 unspecified atom stereocenters. The van der Waals surface area contributed by atoms with Gasteiger partial charge in [0.1, 0.15) is 5.75 Å². The van der Waals surface area contributed by atoms with Crippen LogP contribution in [-0.4, -0.2) is 31.2 Å². The molecule has 148 valence electrons. The van der Waals surface area contributed by atoms with E-state index in [2.05, 4.69) is 22.5 Å². The third kappa shape index (κ3) is 5.14. The Hall–Kier alpha value is -2.31. The maximum absolute atomic E-state index is 12.3. The molecule has 1 amide bonds. The Kier molecular flexibility index (Phi) is 6.75. The average molecular weight is 418 g/mol. The third-order valence-corrected chi connectivity index (χ3v) is 5.40. The summed E-state index contributed by atoms with van der Waals surface area (Å²) in [6.45, 7) is 4.32. The monoisotopic (exact) mass is 417 g/mol. The Morgan fingerprint density at radius 1 is 1.21 bits per heavy atom. The van der Waals surface area contributed by atoms with Crippen LogP contribution in [0.15, 0.2) is 42.5 Å². The summed E-state index contributed by atoms with van der Waals surface area (Å²) in [5.74, 6) is 1.07. The van der Waals surface area contributed by atoms with E-state index in [0.29, 0.717) is 16.3 Å². The SMILES string of the molecule is COc1cccc(C(=O)NC(=S)Nc2ccc(N3CCC(C)CC3)c(Cl)c2)c1. The second kappa shape index (κ2) is 9.26. The van der Waals surface area contributed by atoms with Crippen LogP contribution in [0.25, 0.3) is 0 Å². The first kappa shape index (κ1) is 20.4. The molecule has 1 aliphatic rings. The molecule has 7 heteroatoms. The molecule has 0 aliphatic carbocycles. The Bertz CT molecular complexity index is 866. The maximum Gasteiger partial charge on any atom is 0.257 e. The van der Waals surface area contributed by atoms with Crippen molar-refractivity contribution >= 4 is 46.2 Å². The fourth-order valence-electron chi connectivity index (χ4n) is 3.19. The zero-order chi connectivity index (χ0) is 20.1. The number of benzene rings is 2. The van der Waals surface area contributed by atoms with E-state index in [1.54, 1.807) is 31.4 Å². The number of carbonyl (C=O) groups is 1. The summed E-state index contributed by atoms with van der Waals surface area (Å²) in [4.78, 5) is 14.7. The van der Waals surface area contributed by atoms with Crippen molar-refractivity contribution in [2.75, 3.05) is 30.4 Å². The van der Waals surface area contributed by atoms with Gasteiger partial charge in [0, 0.05) is 24.3 Å². The van der Waals surface area contributed by atoms with Gasteiger partial charge in [0.2, 0.25) is 0 Å². The van der Waals surface area contributed by atoms with Crippen molar-refractivity contribution in [3.05, 3.63) is 53.1 Å². The highest BCUT2D eigenvalue weighted by Crippen LogP contribution is 2.31. The largest absolute Gasteiger partial charge is 0.497 e. The van der Waals surface area contributed by atoms with E-state index in [0.717, 1.165) is 30.4 Å². The van der Waals surface area contributed by atoms with Crippen LogP contribution in [-0.2, 0) is 0 Å². The number of hydrogen-bond donors (Lipinski definition) is 2. The van der Waals surface area contributed by atoms with Crippen LogP contribution in [0.3, 0.4) is 0 Å². The molecule has 0 bridgehead atoms. The van der Waals surface area contributed by atoms with Crippen LogP contribution >= 0.6 is 23.8 Å². The number of thiocarbonyl (C=S) groups is 1. The number of carbonyl (C=O) groups excluding carboxylic acids is 1. The summed E-state index contributed by atoms with van der Waals surface area (Å²) < 4.78 is 5.14. The van der Waals surface area contributed by atoms with Gasteiger partial charge in [-0.05, 0) is 67.4 Å². The number of ether oxygens (including phenoxy) is 1. The van der Waals surface area contributed by atoms with E-state index >= 15 is 0 Å². The van der Waals surface area contributed by atoms with Crippen LogP contribution in [0, 0.1) is 5.92 Å². The molecular weight excluding hydrogens is 394 g/mol. The number of anilines is 2. The first-order valence-electron chi connectivity index (χ1n) is 9.27. The minimum atomic E-state index is -0.304. The summed E-state index contributed by atoms with van der Waals surface area (Å²) >= 11 is 11.8. The molecule has 2 N–H and O–H groups in total.